The number of hydrogen-bond acceptors (Lipinski definition) is 3. The van der Waals surface area contributed by atoms with Crippen LogP contribution in [0.15, 0.2) is 24.3 Å². The van der Waals surface area contributed by atoms with Gasteiger partial charge in [-0.25, -0.2) is 0 Å². The van der Waals surface area contributed by atoms with Crippen LogP contribution >= 0.6 is 0 Å². The first-order chi connectivity index (χ1) is 7.29. The maximum Gasteiger partial charge on any atom is 0.124 e. The average molecular weight is 206 g/mol. The summed E-state index contributed by atoms with van der Waals surface area (Å²) in [7, 11) is 2.10. The standard InChI is InChI=1S/C12H18N2O/c1-14-8-11(9-14)15-12-5-3-2-4-10(12)6-7-13/h2-5,11H,6-9,13H2,1H3. The van der Waals surface area contributed by atoms with Crippen molar-refractivity contribution in [3.8, 4) is 5.75 Å². The van der Waals surface area contributed by atoms with Gasteiger partial charge in [-0.05, 0) is 31.6 Å². The Morgan fingerprint density at radius 3 is 2.80 bits per heavy atom. The van der Waals surface area contributed by atoms with Gasteiger partial charge in [-0.15, -0.1) is 0 Å². The van der Waals surface area contributed by atoms with E-state index in [0.717, 1.165) is 25.3 Å². The Kier molecular flexibility index (Phi) is 3.23. The van der Waals surface area contributed by atoms with Gasteiger partial charge in [-0.3, -0.25) is 4.90 Å². The summed E-state index contributed by atoms with van der Waals surface area (Å²) in [5.74, 6) is 1.00. The van der Waals surface area contributed by atoms with Crippen molar-refractivity contribution in [3.05, 3.63) is 29.8 Å². The Morgan fingerprint density at radius 1 is 1.40 bits per heavy atom. The molecule has 0 radical (unpaired) electrons. The molecule has 0 aromatic heterocycles. The highest BCUT2D eigenvalue weighted by atomic mass is 16.5. The van der Waals surface area contributed by atoms with Gasteiger partial charge in [0.25, 0.3) is 0 Å². The van der Waals surface area contributed by atoms with Crippen molar-refractivity contribution in [1.82, 2.24) is 4.90 Å². The number of likely N-dealkylation sites (tertiary alicyclic amines) is 1. The molecule has 1 aliphatic heterocycles. The molecule has 0 unspecified atom stereocenters. The van der Waals surface area contributed by atoms with Crippen molar-refractivity contribution in [1.29, 1.82) is 0 Å². The van der Waals surface area contributed by atoms with Gasteiger partial charge in [0, 0.05) is 13.1 Å². The Labute approximate surface area is 90.8 Å². The molecule has 0 spiro atoms. The van der Waals surface area contributed by atoms with Gasteiger partial charge < -0.3 is 10.5 Å². The first kappa shape index (κ1) is 10.5. The average Bonchev–Trinajstić information content (AvgIpc) is 2.19. The van der Waals surface area contributed by atoms with E-state index in [1.165, 1.54) is 5.56 Å². The monoisotopic (exact) mass is 206 g/mol. The summed E-state index contributed by atoms with van der Waals surface area (Å²) in [6, 6.07) is 8.16. The van der Waals surface area contributed by atoms with Crippen LogP contribution < -0.4 is 10.5 Å². The van der Waals surface area contributed by atoms with Crippen LogP contribution in [-0.2, 0) is 6.42 Å². The molecule has 0 saturated carbocycles. The second-order valence-corrected chi connectivity index (χ2v) is 4.11. The topological polar surface area (TPSA) is 38.5 Å². The number of rotatable bonds is 4. The minimum atomic E-state index is 0.355. The molecule has 1 heterocycles. The molecule has 3 heteroatoms. The van der Waals surface area contributed by atoms with Crippen molar-refractivity contribution in [2.24, 2.45) is 5.73 Å². The van der Waals surface area contributed by atoms with Gasteiger partial charge in [-0.1, -0.05) is 18.2 Å². The normalized spacial score (nSPS) is 17.5. The number of nitrogens with two attached hydrogens (primary N) is 1. The molecule has 2 rings (SSSR count). The van der Waals surface area contributed by atoms with E-state index >= 15 is 0 Å². The zero-order chi connectivity index (χ0) is 10.7. The number of ether oxygens (including phenoxy) is 1. The van der Waals surface area contributed by atoms with Crippen molar-refractivity contribution in [2.75, 3.05) is 26.7 Å². The van der Waals surface area contributed by atoms with Gasteiger partial charge >= 0.3 is 0 Å². The summed E-state index contributed by atoms with van der Waals surface area (Å²) in [5.41, 5.74) is 6.78. The van der Waals surface area contributed by atoms with Crippen molar-refractivity contribution >= 4 is 0 Å². The molecule has 1 fully saturated rings. The first-order valence-corrected chi connectivity index (χ1v) is 5.43. The summed E-state index contributed by atoms with van der Waals surface area (Å²) in [6.07, 6.45) is 1.24. The smallest absolute Gasteiger partial charge is 0.124 e. The summed E-state index contributed by atoms with van der Waals surface area (Å²) < 4.78 is 5.91. The second-order valence-electron chi connectivity index (χ2n) is 4.11. The molecule has 0 amide bonds. The molecule has 0 atom stereocenters. The number of benzene rings is 1. The molecule has 1 saturated heterocycles. The third kappa shape index (κ3) is 2.49. The van der Waals surface area contributed by atoms with E-state index in [1.54, 1.807) is 0 Å². The van der Waals surface area contributed by atoms with Crippen LogP contribution in [0.5, 0.6) is 5.75 Å². The molecule has 0 aliphatic carbocycles. The quantitative estimate of drug-likeness (QED) is 0.795. The van der Waals surface area contributed by atoms with Crippen LogP contribution in [0.1, 0.15) is 5.56 Å². The summed E-state index contributed by atoms with van der Waals surface area (Å²) in [6.45, 7) is 2.72. The molecule has 82 valence electrons. The zero-order valence-corrected chi connectivity index (χ0v) is 9.15. The van der Waals surface area contributed by atoms with E-state index in [9.17, 15) is 0 Å². The SMILES string of the molecule is CN1CC(Oc2ccccc2CCN)C1. The zero-order valence-electron chi connectivity index (χ0n) is 9.15. The fourth-order valence-electron chi connectivity index (χ4n) is 1.88. The summed E-state index contributed by atoms with van der Waals surface area (Å²) >= 11 is 0. The molecule has 3 nitrogen and oxygen atoms in total. The van der Waals surface area contributed by atoms with Gasteiger partial charge in [-0.2, -0.15) is 0 Å². The Hall–Kier alpha value is -1.06. The van der Waals surface area contributed by atoms with Crippen LogP contribution in [0.4, 0.5) is 0 Å². The maximum atomic E-state index is 5.91. The molecular formula is C12H18N2O. The number of likely N-dealkylation sites (N-methyl/N-ethyl adjacent to an activating group) is 1. The predicted molar refractivity (Wildman–Crippen MR) is 61.1 cm³/mol. The van der Waals surface area contributed by atoms with E-state index in [0.29, 0.717) is 12.6 Å². The first-order valence-electron chi connectivity index (χ1n) is 5.43. The lowest BCUT2D eigenvalue weighted by Crippen LogP contribution is -2.51. The Bertz CT molecular complexity index is 321. The van der Waals surface area contributed by atoms with Crippen LogP contribution in [0, 0.1) is 0 Å². The fourth-order valence-corrected chi connectivity index (χ4v) is 1.88. The Morgan fingerprint density at radius 2 is 2.13 bits per heavy atom. The van der Waals surface area contributed by atoms with Crippen molar-refractivity contribution in [2.45, 2.75) is 12.5 Å². The molecular weight excluding hydrogens is 188 g/mol. The Balaban J connectivity index is 2.00. The second kappa shape index (κ2) is 4.64. The van der Waals surface area contributed by atoms with Crippen molar-refractivity contribution < 1.29 is 4.74 Å². The molecule has 0 bridgehead atoms. The minimum Gasteiger partial charge on any atom is -0.487 e. The summed E-state index contributed by atoms with van der Waals surface area (Å²) in [5, 5.41) is 0. The minimum absolute atomic E-state index is 0.355. The van der Waals surface area contributed by atoms with Crippen LogP contribution in [-0.4, -0.2) is 37.7 Å². The van der Waals surface area contributed by atoms with Gasteiger partial charge in [0.05, 0.1) is 0 Å². The molecule has 2 N–H and O–H groups in total. The van der Waals surface area contributed by atoms with E-state index in [2.05, 4.69) is 18.0 Å². The van der Waals surface area contributed by atoms with Gasteiger partial charge in [0.15, 0.2) is 0 Å². The third-order valence-electron chi connectivity index (χ3n) is 2.71. The maximum absolute atomic E-state index is 5.91. The molecule has 1 aliphatic rings. The van der Waals surface area contributed by atoms with E-state index in [1.807, 2.05) is 18.2 Å². The highest BCUT2D eigenvalue weighted by molar-refractivity contribution is 5.33. The number of para-hydroxylation sites is 1. The largest absolute Gasteiger partial charge is 0.487 e. The highest BCUT2D eigenvalue weighted by Gasteiger charge is 2.25. The molecule has 1 aromatic carbocycles. The highest BCUT2D eigenvalue weighted by Crippen LogP contribution is 2.22. The van der Waals surface area contributed by atoms with Gasteiger partial charge in [0.1, 0.15) is 11.9 Å². The lowest BCUT2D eigenvalue weighted by Gasteiger charge is -2.36. The number of hydrogen-bond donors (Lipinski definition) is 1. The van der Waals surface area contributed by atoms with Crippen molar-refractivity contribution in [3.63, 3.8) is 0 Å². The van der Waals surface area contributed by atoms with Crippen LogP contribution in [0.2, 0.25) is 0 Å². The fraction of sp³-hybridized carbons (Fsp3) is 0.500. The molecule has 1 aromatic rings. The molecule has 15 heavy (non-hydrogen) atoms. The lowest BCUT2D eigenvalue weighted by atomic mass is 10.1. The van der Waals surface area contributed by atoms with Crippen LogP contribution in [0.25, 0.3) is 0 Å². The summed E-state index contributed by atoms with van der Waals surface area (Å²) in [4.78, 5) is 2.25. The number of nitrogens with zero attached hydrogens (tertiary/aromatic N) is 1. The van der Waals surface area contributed by atoms with E-state index in [4.69, 9.17) is 10.5 Å². The lowest BCUT2D eigenvalue weighted by molar-refractivity contribution is 0.0382. The third-order valence-corrected chi connectivity index (χ3v) is 2.71. The van der Waals surface area contributed by atoms with E-state index < -0.39 is 0 Å². The van der Waals surface area contributed by atoms with Crippen LogP contribution in [0.3, 0.4) is 0 Å². The predicted octanol–water partition coefficient (Wildman–Crippen LogP) is 0.881. The van der Waals surface area contributed by atoms with Gasteiger partial charge in [0.2, 0.25) is 0 Å². The van der Waals surface area contributed by atoms with E-state index in [-0.39, 0.29) is 0 Å².